The van der Waals surface area contributed by atoms with Crippen LogP contribution in [0.25, 0.3) is 11.3 Å². The van der Waals surface area contributed by atoms with Gasteiger partial charge in [-0.3, -0.25) is 4.98 Å². The Morgan fingerprint density at radius 3 is 2.69 bits per heavy atom. The molecule has 3 rings (SSSR count). The number of hydrogen-bond donors (Lipinski definition) is 0. The zero-order valence-corrected chi connectivity index (χ0v) is 17.1. The van der Waals surface area contributed by atoms with Crippen LogP contribution in [0.2, 0.25) is 0 Å². The molecule has 0 N–H and O–H groups in total. The third-order valence-electron chi connectivity index (χ3n) is 4.22. The number of hydrogen-bond acceptors (Lipinski definition) is 5. The molecular formula is C21H22F3N3OS. The lowest BCUT2D eigenvalue weighted by Crippen LogP contribution is -2.16. The van der Waals surface area contributed by atoms with E-state index in [4.69, 9.17) is 4.74 Å². The number of aromatic nitrogens is 2. The topological polar surface area (TPSA) is 38.2 Å². The van der Waals surface area contributed by atoms with Crippen LogP contribution >= 0.6 is 11.3 Å². The molecule has 0 radical (unpaired) electrons. The molecule has 0 saturated heterocycles. The molecule has 2 heterocycles. The van der Waals surface area contributed by atoms with Crippen molar-refractivity contribution in [1.29, 1.82) is 0 Å². The molecule has 3 aromatic rings. The Hall–Kier alpha value is -2.45. The number of thiazole rings is 1. The van der Waals surface area contributed by atoms with Crippen LogP contribution < -0.4 is 4.74 Å². The molecule has 4 nitrogen and oxygen atoms in total. The van der Waals surface area contributed by atoms with Gasteiger partial charge >= 0.3 is 6.18 Å². The van der Waals surface area contributed by atoms with Gasteiger partial charge in [0.25, 0.3) is 0 Å². The van der Waals surface area contributed by atoms with Crippen molar-refractivity contribution in [3.8, 4) is 17.0 Å². The molecule has 154 valence electrons. The number of benzene rings is 1. The van der Waals surface area contributed by atoms with Crippen LogP contribution in [0.3, 0.4) is 0 Å². The Labute approximate surface area is 172 Å². The Balaban J connectivity index is 1.74. The Morgan fingerprint density at radius 1 is 1.17 bits per heavy atom. The molecule has 0 atom stereocenters. The molecule has 29 heavy (non-hydrogen) atoms. The predicted octanol–water partition coefficient (Wildman–Crippen LogP) is 5.15. The van der Waals surface area contributed by atoms with Crippen molar-refractivity contribution < 1.29 is 17.9 Å². The second-order valence-corrected chi connectivity index (χ2v) is 7.82. The second-order valence-electron chi connectivity index (χ2n) is 6.88. The normalized spacial score (nSPS) is 11.8. The minimum absolute atomic E-state index is 0.129. The highest BCUT2D eigenvalue weighted by atomic mass is 32.1. The van der Waals surface area contributed by atoms with Crippen LogP contribution in [0.1, 0.15) is 22.6 Å². The van der Waals surface area contributed by atoms with E-state index in [0.29, 0.717) is 18.4 Å². The summed E-state index contributed by atoms with van der Waals surface area (Å²) < 4.78 is 46.0. The quantitative estimate of drug-likeness (QED) is 0.472. The van der Waals surface area contributed by atoms with Gasteiger partial charge in [-0.15, -0.1) is 11.3 Å². The van der Waals surface area contributed by atoms with E-state index in [1.165, 1.54) is 17.4 Å². The van der Waals surface area contributed by atoms with E-state index in [-0.39, 0.29) is 12.4 Å². The van der Waals surface area contributed by atoms with Gasteiger partial charge in [-0.2, -0.15) is 13.2 Å². The van der Waals surface area contributed by atoms with Crippen molar-refractivity contribution in [2.75, 3.05) is 27.2 Å². The fraction of sp³-hybridized carbons (Fsp3) is 0.333. The molecule has 0 spiro atoms. The van der Waals surface area contributed by atoms with E-state index in [2.05, 4.69) is 9.97 Å². The third-order valence-corrected chi connectivity index (χ3v) is 5.07. The molecule has 0 unspecified atom stereocenters. The lowest BCUT2D eigenvalue weighted by Gasteiger charge is -2.16. The van der Waals surface area contributed by atoms with E-state index >= 15 is 0 Å². The molecule has 2 aromatic heterocycles. The molecular weight excluding hydrogens is 399 g/mol. The average molecular weight is 421 g/mol. The number of halogens is 3. The van der Waals surface area contributed by atoms with Gasteiger partial charge in [0.2, 0.25) is 0 Å². The average Bonchev–Trinajstić information content (AvgIpc) is 3.14. The summed E-state index contributed by atoms with van der Waals surface area (Å²) in [7, 11) is 3.82. The highest BCUT2D eigenvalue weighted by Crippen LogP contribution is 2.37. The largest absolute Gasteiger partial charge is 0.493 e. The standard InChI is InChI=1S/C21H22F3N3OS/c1-27(2)9-4-10-28-19-7-6-15(11-17(19)21(22,23)24)12-20-26-18(14-29-20)16-5-3-8-25-13-16/h3,5-8,11,13-14H,4,9-10,12H2,1-2H3. The summed E-state index contributed by atoms with van der Waals surface area (Å²) in [4.78, 5) is 10.6. The van der Waals surface area contributed by atoms with Gasteiger partial charge in [0.1, 0.15) is 5.75 Å². The molecule has 0 aliphatic rings. The fourth-order valence-electron chi connectivity index (χ4n) is 2.81. The van der Waals surface area contributed by atoms with E-state index in [1.54, 1.807) is 18.5 Å². The first-order valence-electron chi connectivity index (χ1n) is 9.15. The van der Waals surface area contributed by atoms with Crippen LogP contribution in [0, 0.1) is 0 Å². The molecule has 0 saturated carbocycles. The first-order chi connectivity index (χ1) is 13.8. The smallest absolute Gasteiger partial charge is 0.419 e. The minimum atomic E-state index is -4.48. The zero-order chi connectivity index (χ0) is 20.9. The van der Waals surface area contributed by atoms with Crippen LogP contribution in [0.4, 0.5) is 13.2 Å². The zero-order valence-electron chi connectivity index (χ0n) is 16.2. The molecule has 0 fully saturated rings. The summed E-state index contributed by atoms with van der Waals surface area (Å²) >= 11 is 1.42. The van der Waals surface area contributed by atoms with Gasteiger partial charge in [0.05, 0.1) is 22.9 Å². The van der Waals surface area contributed by atoms with Crippen LogP contribution in [-0.4, -0.2) is 42.1 Å². The van der Waals surface area contributed by atoms with Crippen molar-refractivity contribution in [3.05, 3.63) is 64.2 Å². The molecule has 1 aromatic carbocycles. The number of nitrogens with zero attached hydrogens (tertiary/aromatic N) is 3. The predicted molar refractivity (Wildman–Crippen MR) is 108 cm³/mol. The van der Waals surface area contributed by atoms with E-state index in [1.807, 2.05) is 36.5 Å². The monoisotopic (exact) mass is 421 g/mol. The van der Waals surface area contributed by atoms with Crippen LogP contribution in [-0.2, 0) is 12.6 Å². The van der Waals surface area contributed by atoms with Crippen molar-refractivity contribution in [1.82, 2.24) is 14.9 Å². The van der Waals surface area contributed by atoms with Gasteiger partial charge in [-0.25, -0.2) is 4.98 Å². The Morgan fingerprint density at radius 2 is 2.00 bits per heavy atom. The SMILES string of the molecule is CN(C)CCCOc1ccc(Cc2nc(-c3cccnc3)cs2)cc1C(F)(F)F. The number of pyridine rings is 1. The second kappa shape index (κ2) is 9.37. The van der Waals surface area contributed by atoms with E-state index in [0.717, 1.165) is 28.9 Å². The first-order valence-corrected chi connectivity index (χ1v) is 10.0. The Kier molecular flexibility index (Phi) is 6.87. The van der Waals surface area contributed by atoms with Gasteiger partial charge in [0.15, 0.2) is 0 Å². The minimum Gasteiger partial charge on any atom is -0.493 e. The van der Waals surface area contributed by atoms with Gasteiger partial charge in [-0.05, 0) is 50.3 Å². The van der Waals surface area contributed by atoms with Gasteiger partial charge < -0.3 is 9.64 Å². The third kappa shape index (κ3) is 6.01. The maximum Gasteiger partial charge on any atom is 0.419 e. The molecule has 0 bridgehead atoms. The summed E-state index contributed by atoms with van der Waals surface area (Å²) in [6.45, 7) is 0.990. The van der Waals surface area contributed by atoms with Gasteiger partial charge in [-0.1, -0.05) is 6.07 Å². The summed E-state index contributed by atoms with van der Waals surface area (Å²) in [5.74, 6) is -0.129. The number of ether oxygens (including phenoxy) is 1. The Bertz CT molecular complexity index is 926. The maximum atomic E-state index is 13.5. The summed E-state index contributed by atoms with van der Waals surface area (Å²) in [5.41, 5.74) is 1.45. The molecule has 8 heteroatoms. The summed E-state index contributed by atoms with van der Waals surface area (Å²) in [5, 5.41) is 2.64. The highest BCUT2D eigenvalue weighted by Gasteiger charge is 2.34. The molecule has 0 amide bonds. The summed E-state index contributed by atoms with van der Waals surface area (Å²) in [6.07, 6.45) is -0.101. The van der Waals surface area contributed by atoms with Gasteiger partial charge in [0, 0.05) is 36.3 Å². The van der Waals surface area contributed by atoms with E-state index in [9.17, 15) is 13.2 Å². The van der Waals surface area contributed by atoms with Crippen LogP contribution in [0.15, 0.2) is 48.1 Å². The van der Waals surface area contributed by atoms with Crippen LogP contribution in [0.5, 0.6) is 5.75 Å². The maximum absolute atomic E-state index is 13.5. The van der Waals surface area contributed by atoms with Crippen molar-refractivity contribution in [2.45, 2.75) is 19.0 Å². The van der Waals surface area contributed by atoms with Crippen molar-refractivity contribution in [2.24, 2.45) is 0 Å². The lowest BCUT2D eigenvalue weighted by molar-refractivity contribution is -0.139. The number of rotatable bonds is 8. The molecule has 0 aliphatic heterocycles. The first kappa shape index (κ1) is 21.3. The number of alkyl halides is 3. The lowest BCUT2D eigenvalue weighted by atomic mass is 10.1. The fourth-order valence-corrected chi connectivity index (χ4v) is 3.65. The molecule has 0 aliphatic carbocycles. The van der Waals surface area contributed by atoms with Crippen molar-refractivity contribution >= 4 is 11.3 Å². The van der Waals surface area contributed by atoms with E-state index < -0.39 is 11.7 Å². The summed E-state index contributed by atoms with van der Waals surface area (Å²) in [6, 6.07) is 7.95. The highest BCUT2D eigenvalue weighted by molar-refractivity contribution is 7.10. The van der Waals surface area contributed by atoms with Crippen molar-refractivity contribution in [3.63, 3.8) is 0 Å².